The van der Waals surface area contributed by atoms with Crippen molar-refractivity contribution in [3.8, 4) is 11.3 Å². The molecule has 0 amide bonds. The van der Waals surface area contributed by atoms with E-state index >= 15 is 0 Å². The fourth-order valence-electron chi connectivity index (χ4n) is 2.49. The molecule has 0 spiro atoms. The Morgan fingerprint density at radius 1 is 1.29 bits per heavy atom. The van der Waals surface area contributed by atoms with Gasteiger partial charge in [0.05, 0.1) is 0 Å². The number of nitrogen functional groups attached to an aromatic ring is 1. The molecule has 0 unspecified atom stereocenters. The van der Waals surface area contributed by atoms with Crippen LogP contribution in [0.4, 0.5) is 5.82 Å². The lowest BCUT2D eigenvalue weighted by atomic mass is 9.95. The van der Waals surface area contributed by atoms with Gasteiger partial charge in [-0.1, -0.05) is 49.7 Å². The molecule has 0 aliphatic carbocycles. The number of nitrogens with zero attached hydrogens (tertiary/aromatic N) is 2. The lowest BCUT2D eigenvalue weighted by Gasteiger charge is -2.19. The number of halogens is 1. The maximum atomic E-state index is 6.40. The monoisotopic (exact) mass is 349 g/mol. The SMILES string of the molecule is CCCn1c(C(C)(C)C)nc(-c2ccc(Br)c(C)c2)c1N. The van der Waals surface area contributed by atoms with E-state index in [0.29, 0.717) is 0 Å². The summed E-state index contributed by atoms with van der Waals surface area (Å²) in [5.41, 5.74) is 9.53. The Labute approximate surface area is 135 Å². The number of hydrogen-bond donors (Lipinski definition) is 1. The number of rotatable bonds is 3. The zero-order chi connectivity index (χ0) is 15.8. The summed E-state index contributed by atoms with van der Waals surface area (Å²) < 4.78 is 3.26. The van der Waals surface area contributed by atoms with Gasteiger partial charge in [-0.3, -0.25) is 0 Å². The fraction of sp³-hybridized carbons (Fsp3) is 0.471. The van der Waals surface area contributed by atoms with Gasteiger partial charge >= 0.3 is 0 Å². The third-order valence-corrected chi connectivity index (χ3v) is 4.45. The normalized spacial score (nSPS) is 11.9. The predicted molar refractivity (Wildman–Crippen MR) is 93.5 cm³/mol. The van der Waals surface area contributed by atoms with Crippen molar-refractivity contribution >= 4 is 21.7 Å². The zero-order valence-corrected chi connectivity index (χ0v) is 15.1. The second-order valence-electron chi connectivity index (χ2n) is 6.53. The Kier molecular flexibility index (Phi) is 4.47. The average molecular weight is 350 g/mol. The highest BCUT2D eigenvalue weighted by molar-refractivity contribution is 9.10. The minimum Gasteiger partial charge on any atom is -0.383 e. The van der Waals surface area contributed by atoms with Crippen LogP contribution in [0.2, 0.25) is 0 Å². The van der Waals surface area contributed by atoms with Crippen LogP contribution < -0.4 is 5.73 Å². The number of nitrogens with two attached hydrogens (primary N) is 1. The van der Waals surface area contributed by atoms with E-state index in [1.54, 1.807) is 0 Å². The molecular weight excluding hydrogens is 326 g/mol. The number of imidazole rings is 1. The van der Waals surface area contributed by atoms with Gasteiger partial charge in [0.2, 0.25) is 0 Å². The largest absolute Gasteiger partial charge is 0.383 e. The summed E-state index contributed by atoms with van der Waals surface area (Å²) in [7, 11) is 0. The van der Waals surface area contributed by atoms with Crippen molar-refractivity contribution in [2.75, 3.05) is 5.73 Å². The van der Waals surface area contributed by atoms with E-state index < -0.39 is 0 Å². The van der Waals surface area contributed by atoms with E-state index in [1.165, 1.54) is 5.56 Å². The molecule has 0 bridgehead atoms. The number of aromatic nitrogens is 2. The summed E-state index contributed by atoms with van der Waals surface area (Å²) in [5, 5.41) is 0. The van der Waals surface area contributed by atoms with Gasteiger partial charge in [-0.15, -0.1) is 0 Å². The molecule has 2 rings (SSSR count). The Balaban J connectivity index is 2.61. The molecule has 0 aliphatic rings. The number of hydrogen-bond acceptors (Lipinski definition) is 2. The van der Waals surface area contributed by atoms with Crippen molar-refractivity contribution in [1.82, 2.24) is 9.55 Å². The smallest absolute Gasteiger partial charge is 0.131 e. The molecule has 1 aromatic heterocycles. The first-order valence-electron chi connectivity index (χ1n) is 7.38. The van der Waals surface area contributed by atoms with Crippen molar-refractivity contribution in [1.29, 1.82) is 0 Å². The lowest BCUT2D eigenvalue weighted by molar-refractivity contribution is 0.498. The summed E-state index contributed by atoms with van der Waals surface area (Å²) in [5.74, 6) is 1.82. The molecule has 1 aromatic carbocycles. The summed E-state index contributed by atoms with van der Waals surface area (Å²) in [6, 6.07) is 6.25. The first-order valence-corrected chi connectivity index (χ1v) is 8.18. The van der Waals surface area contributed by atoms with Crippen molar-refractivity contribution < 1.29 is 0 Å². The number of aryl methyl sites for hydroxylation is 1. The van der Waals surface area contributed by atoms with Crippen molar-refractivity contribution in [3.05, 3.63) is 34.1 Å². The minimum atomic E-state index is -0.0219. The average Bonchev–Trinajstić information content (AvgIpc) is 2.71. The molecular formula is C17H24BrN3. The summed E-state index contributed by atoms with van der Waals surface area (Å²) in [4.78, 5) is 4.86. The maximum absolute atomic E-state index is 6.40. The van der Waals surface area contributed by atoms with Gasteiger partial charge in [0.25, 0.3) is 0 Å². The molecule has 0 radical (unpaired) electrons. The predicted octanol–water partition coefficient (Wildman–Crippen LogP) is 4.91. The van der Waals surface area contributed by atoms with Gasteiger partial charge in [-0.2, -0.15) is 0 Å². The van der Waals surface area contributed by atoms with Crippen molar-refractivity contribution in [2.45, 2.75) is 53.0 Å². The standard InChI is InChI=1S/C17H24BrN3/c1-6-9-21-15(19)14(20-16(21)17(3,4)5)12-7-8-13(18)11(2)10-12/h7-8,10H,6,9,19H2,1-5H3. The lowest BCUT2D eigenvalue weighted by Crippen LogP contribution is -2.19. The summed E-state index contributed by atoms with van der Waals surface area (Å²) in [6.45, 7) is 11.7. The van der Waals surface area contributed by atoms with Crippen LogP contribution in [-0.2, 0) is 12.0 Å². The molecule has 1 heterocycles. The van der Waals surface area contributed by atoms with Crippen LogP contribution in [-0.4, -0.2) is 9.55 Å². The summed E-state index contributed by atoms with van der Waals surface area (Å²) >= 11 is 3.54. The Morgan fingerprint density at radius 2 is 1.95 bits per heavy atom. The quantitative estimate of drug-likeness (QED) is 0.855. The fourth-order valence-corrected chi connectivity index (χ4v) is 2.74. The number of benzene rings is 1. The maximum Gasteiger partial charge on any atom is 0.131 e. The molecule has 0 saturated carbocycles. The van der Waals surface area contributed by atoms with Crippen LogP contribution >= 0.6 is 15.9 Å². The highest BCUT2D eigenvalue weighted by Crippen LogP contribution is 2.33. The molecule has 21 heavy (non-hydrogen) atoms. The first kappa shape index (κ1) is 16.1. The van der Waals surface area contributed by atoms with Gasteiger partial charge in [0, 0.05) is 22.0 Å². The zero-order valence-electron chi connectivity index (χ0n) is 13.5. The molecule has 0 saturated heterocycles. The Bertz CT molecular complexity index is 651. The van der Waals surface area contributed by atoms with E-state index in [-0.39, 0.29) is 5.41 Å². The molecule has 0 fully saturated rings. The van der Waals surface area contributed by atoms with Crippen LogP contribution in [0.15, 0.2) is 22.7 Å². The van der Waals surface area contributed by atoms with Gasteiger partial charge < -0.3 is 10.3 Å². The van der Waals surface area contributed by atoms with Crippen LogP contribution in [0.5, 0.6) is 0 Å². The minimum absolute atomic E-state index is 0.0219. The topological polar surface area (TPSA) is 43.8 Å². The van der Waals surface area contributed by atoms with E-state index in [9.17, 15) is 0 Å². The first-order chi connectivity index (χ1) is 9.75. The van der Waals surface area contributed by atoms with Crippen molar-refractivity contribution in [3.63, 3.8) is 0 Å². The molecule has 114 valence electrons. The van der Waals surface area contributed by atoms with E-state index in [4.69, 9.17) is 10.7 Å². The van der Waals surface area contributed by atoms with Gasteiger partial charge in [0.1, 0.15) is 17.3 Å². The highest BCUT2D eigenvalue weighted by Gasteiger charge is 2.25. The second-order valence-corrected chi connectivity index (χ2v) is 7.39. The Hall–Kier alpha value is -1.29. The Morgan fingerprint density at radius 3 is 2.48 bits per heavy atom. The second kappa shape index (κ2) is 5.84. The van der Waals surface area contributed by atoms with Crippen LogP contribution in [0.1, 0.15) is 45.5 Å². The van der Waals surface area contributed by atoms with Gasteiger partial charge in [0.15, 0.2) is 0 Å². The molecule has 4 heteroatoms. The van der Waals surface area contributed by atoms with E-state index in [2.05, 4.69) is 73.3 Å². The molecule has 0 aliphatic heterocycles. The molecule has 2 aromatic rings. The van der Waals surface area contributed by atoms with Crippen molar-refractivity contribution in [2.24, 2.45) is 0 Å². The van der Waals surface area contributed by atoms with Crippen LogP contribution in [0.25, 0.3) is 11.3 Å². The third kappa shape index (κ3) is 3.15. The van der Waals surface area contributed by atoms with Gasteiger partial charge in [-0.05, 0) is 31.0 Å². The molecule has 0 atom stereocenters. The third-order valence-electron chi connectivity index (χ3n) is 3.56. The van der Waals surface area contributed by atoms with Crippen LogP contribution in [0.3, 0.4) is 0 Å². The molecule has 2 N–H and O–H groups in total. The van der Waals surface area contributed by atoms with Crippen LogP contribution in [0, 0.1) is 6.92 Å². The van der Waals surface area contributed by atoms with Gasteiger partial charge in [-0.25, -0.2) is 4.98 Å². The van der Waals surface area contributed by atoms with E-state index in [1.807, 2.05) is 0 Å². The summed E-state index contributed by atoms with van der Waals surface area (Å²) in [6.07, 6.45) is 1.04. The highest BCUT2D eigenvalue weighted by atomic mass is 79.9. The van der Waals surface area contributed by atoms with E-state index in [0.717, 1.165) is 40.3 Å². The molecule has 3 nitrogen and oxygen atoms in total. The number of anilines is 1.